The van der Waals surface area contributed by atoms with Gasteiger partial charge in [0, 0.05) is 19.1 Å². The monoisotopic (exact) mass is 796 g/mol. The summed E-state index contributed by atoms with van der Waals surface area (Å²) in [7, 11) is 5.24. The Kier molecular flexibility index (Phi) is 14.9. The Labute approximate surface area is 319 Å². The minimum absolute atomic E-state index is 0.0272. The molecule has 2 fully saturated rings. The number of methoxy groups -OCH3 is 4. The minimum Gasteiger partial charge on any atom is -0.502 e. The van der Waals surface area contributed by atoms with E-state index in [0.29, 0.717) is 11.1 Å². The van der Waals surface area contributed by atoms with Gasteiger partial charge in [0.15, 0.2) is 41.5 Å². The van der Waals surface area contributed by atoms with Crippen molar-refractivity contribution < 1.29 is 97.5 Å². The molecule has 20 heteroatoms. The van der Waals surface area contributed by atoms with Gasteiger partial charge in [-0.25, -0.2) is 9.59 Å². The van der Waals surface area contributed by atoms with Gasteiger partial charge in [0.05, 0.1) is 35.0 Å². The third kappa shape index (κ3) is 9.78. The Morgan fingerprint density at radius 1 is 0.732 bits per heavy atom. The van der Waals surface area contributed by atoms with Crippen molar-refractivity contribution in [1.29, 1.82) is 0 Å². The first-order chi connectivity index (χ1) is 26.6. The molecule has 2 aliphatic rings. The first-order valence-corrected chi connectivity index (χ1v) is 16.7. The van der Waals surface area contributed by atoms with Crippen LogP contribution in [0.1, 0.15) is 18.1 Å². The number of rotatable bonds is 16. The van der Waals surface area contributed by atoms with Crippen LogP contribution in [0, 0.1) is 0 Å². The number of hydrogen-bond acceptors (Lipinski definition) is 20. The lowest BCUT2D eigenvalue weighted by Gasteiger charge is -2.44. The number of esters is 3. The summed E-state index contributed by atoms with van der Waals surface area (Å²) in [5, 5.41) is 73.9. The van der Waals surface area contributed by atoms with Gasteiger partial charge in [-0.1, -0.05) is 0 Å². The van der Waals surface area contributed by atoms with E-state index in [9.17, 15) is 50.1 Å². The maximum absolute atomic E-state index is 13.1. The van der Waals surface area contributed by atoms with Gasteiger partial charge in [-0.15, -0.1) is 0 Å². The van der Waals surface area contributed by atoms with Gasteiger partial charge in [0.25, 0.3) is 0 Å². The van der Waals surface area contributed by atoms with E-state index in [2.05, 4.69) is 0 Å². The van der Waals surface area contributed by atoms with Gasteiger partial charge in [-0.2, -0.15) is 0 Å². The van der Waals surface area contributed by atoms with Crippen molar-refractivity contribution in [2.24, 2.45) is 0 Å². The molecule has 2 saturated heterocycles. The van der Waals surface area contributed by atoms with E-state index in [1.54, 1.807) is 0 Å². The Morgan fingerprint density at radius 2 is 1.23 bits per heavy atom. The highest BCUT2D eigenvalue weighted by atomic mass is 16.8. The van der Waals surface area contributed by atoms with E-state index in [1.165, 1.54) is 64.9 Å². The molecule has 7 N–H and O–H groups in total. The number of benzene rings is 2. The molecule has 0 saturated carbocycles. The fourth-order valence-electron chi connectivity index (χ4n) is 5.80. The highest BCUT2D eigenvalue weighted by molar-refractivity contribution is 5.88. The van der Waals surface area contributed by atoms with Crippen LogP contribution in [0.4, 0.5) is 0 Å². The van der Waals surface area contributed by atoms with E-state index in [4.69, 9.17) is 47.4 Å². The van der Waals surface area contributed by atoms with Gasteiger partial charge in [0.2, 0.25) is 17.3 Å². The number of aromatic hydroxyl groups is 2. The summed E-state index contributed by atoms with van der Waals surface area (Å²) in [5.74, 6) is -5.95. The second-order valence-electron chi connectivity index (χ2n) is 12.2. The maximum Gasteiger partial charge on any atom is 0.331 e. The number of aliphatic hydroxyl groups is 5. The summed E-state index contributed by atoms with van der Waals surface area (Å²) >= 11 is 0. The second-order valence-corrected chi connectivity index (χ2v) is 12.2. The van der Waals surface area contributed by atoms with Crippen LogP contribution in [0.15, 0.2) is 36.4 Å². The third-order valence-electron chi connectivity index (χ3n) is 8.60. The van der Waals surface area contributed by atoms with E-state index >= 15 is 0 Å². The molecule has 2 aromatic carbocycles. The van der Waals surface area contributed by atoms with Crippen LogP contribution in [-0.4, -0.2) is 157 Å². The fraction of sp³-hybridized carbons (Fsp3) is 0.472. The molecule has 56 heavy (non-hydrogen) atoms. The smallest absolute Gasteiger partial charge is 0.331 e. The van der Waals surface area contributed by atoms with Crippen LogP contribution in [0.25, 0.3) is 12.2 Å². The summed E-state index contributed by atoms with van der Waals surface area (Å²) in [6, 6.07) is 5.58. The Morgan fingerprint density at radius 3 is 1.68 bits per heavy atom. The van der Waals surface area contributed by atoms with Crippen molar-refractivity contribution in [3.05, 3.63) is 47.5 Å². The molecule has 0 aliphatic carbocycles. The van der Waals surface area contributed by atoms with Crippen molar-refractivity contribution in [3.63, 3.8) is 0 Å². The highest BCUT2D eigenvalue weighted by Gasteiger charge is 2.61. The number of phenolic OH excluding ortho intramolecular Hbond substituents is 2. The van der Waals surface area contributed by atoms with Crippen LogP contribution in [0.2, 0.25) is 0 Å². The van der Waals surface area contributed by atoms with E-state index < -0.39 is 92.5 Å². The Balaban J connectivity index is 1.55. The first kappa shape index (κ1) is 43.5. The molecule has 0 aromatic heterocycles. The zero-order valence-corrected chi connectivity index (χ0v) is 30.8. The molecule has 2 aromatic rings. The molecule has 308 valence electrons. The van der Waals surface area contributed by atoms with Gasteiger partial charge in [-0.05, 0) is 47.5 Å². The average molecular weight is 797 g/mol. The van der Waals surface area contributed by atoms with Gasteiger partial charge in [-0.3, -0.25) is 4.79 Å². The molecule has 0 spiro atoms. The number of phenols is 2. The Hall–Kier alpha value is -5.19. The Bertz CT molecular complexity index is 1710. The summed E-state index contributed by atoms with van der Waals surface area (Å²) in [5.41, 5.74) is 0.682. The van der Waals surface area contributed by atoms with Crippen LogP contribution in [0.5, 0.6) is 34.5 Å². The van der Waals surface area contributed by atoms with Gasteiger partial charge in [0.1, 0.15) is 43.7 Å². The lowest BCUT2D eigenvalue weighted by atomic mass is 9.98. The average Bonchev–Trinajstić information content (AvgIpc) is 3.45. The molecule has 0 amide bonds. The number of carbonyl (C=O) groups is 3. The van der Waals surface area contributed by atoms with Crippen LogP contribution in [0.3, 0.4) is 0 Å². The molecule has 0 bridgehead atoms. The maximum atomic E-state index is 13.1. The van der Waals surface area contributed by atoms with Crippen molar-refractivity contribution in [1.82, 2.24) is 0 Å². The van der Waals surface area contributed by atoms with E-state index in [0.717, 1.165) is 19.1 Å². The van der Waals surface area contributed by atoms with Crippen LogP contribution >= 0.6 is 0 Å². The molecule has 9 atom stereocenters. The quantitative estimate of drug-likeness (QED) is 0.0619. The van der Waals surface area contributed by atoms with Crippen molar-refractivity contribution in [3.8, 4) is 34.5 Å². The van der Waals surface area contributed by atoms with Gasteiger partial charge >= 0.3 is 17.9 Å². The molecule has 2 aliphatic heterocycles. The molecule has 0 radical (unpaired) electrons. The lowest BCUT2D eigenvalue weighted by molar-refractivity contribution is -0.383. The SMILES string of the molecule is COc1cc(/C=C/C(=O)OC[C@H]2O[C@H](O[C@]3(CO)O[C@H](CO)[C@@H](O)[C@@H]3OC(=O)/C=C/c3cc(OC)c(O)c(OC)c3)[C@H](O)[C@@H](OC(C)=O)[C@@H]2O)cc(OC)c1O. The zero-order chi connectivity index (χ0) is 41.3. The molecule has 20 nitrogen and oxygen atoms in total. The summed E-state index contributed by atoms with van der Waals surface area (Å²) < 4.78 is 53.3. The molecule has 4 rings (SSSR count). The van der Waals surface area contributed by atoms with Crippen LogP contribution < -0.4 is 18.9 Å². The lowest BCUT2D eigenvalue weighted by Crippen LogP contribution is -2.64. The van der Waals surface area contributed by atoms with E-state index in [1.807, 2.05) is 0 Å². The topological polar surface area (TPSA) is 285 Å². The minimum atomic E-state index is -2.55. The van der Waals surface area contributed by atoms with Crippen LogP contribution in [-0.2, 0) is 42.8 Å². The molecule has 2 heterocycles. The number of ether oxygens (including phenoxy) is 10. The zero-order valence-electron chi connectivity index (χ0n) is 30.8. The standard InChI is InChI=1S/C36H44O20/c1-17(39)52-33-30(44)25(15-51-26(40)8-6-18-10-20(47-2)28(42)21(11-18)48-3)53-35(32(33)46)56-36(16-38)34(31(45)24(14-37)55-36)54-27(41)9-7-19-12-22(49-4)29(43)23(13-19)50-5/h6-13,24-25,30-35,37-38,42-46H,14-16H2,1-5H3/b8-6+,9-7+/t24-,25-,30-,31-,32-,33+,34+,35-,36+/m1/s1. The number of carbonyl (C=O) groups excluding carboxylic acids is 3. The van der Waals surface area contributed by atoms with Crippen molar-refractivity contribution in [2.75, 3.05) is 48.3 Å². The normalized spacial score (nSPS) is 27.5. The third-order valence-corrected chi connectivity index (χ3v) is 8.60. The van der Waals surface area contributed by atoms with Crippen molar-refractivity contribution in [2.45, 2.75) is 61.7 Å². The number of hydrogen-bond donors (Lipinski definition) is 7. The highest BCUT2D eigenvalue weighted by Crippen LogP contribution is 2.40. The van der Waals surface area contributed by atoms with Crippen molar-refractivity contribution >= 4 is 30.1 Å². The second kappa shape index (κ2) is 19.1. The largest absolute Gasteiger partial charge is 0.502 e. The first-order valence-electron chi connectivity index (χ1n) is 16.7. The predicted molar refractivity (Wildman–Crippen MR) is 186 cm³/mol. The molecule has 0 unspecified atom stereocenters. The molecular weight excluding hydrogens is 752 g/mol. The number of aliphatic hydroxyl groups excluding tert-OH is 5. The van der Waals surface area contributed by atoms with E-state index in [-0.39, 0.29) is 34.5 Å². The van der Waals surface area contributed by atoms with Gasteiger partial charge < -0.3 is 83.1 Å². The fourth-order valence-corrected chi connectivity index (χ4v) is 5.80. The summed E-state index contributed by atoms with van der Waals surface area (Å²) in [6.45, 7) is -1.77. The summed E-state index contributed by atoms with van der Waals surface area (Å²) in [4.78, 5) is 37.7. The molecular formula is C36H44O20. The predicted octanol–water partition coefficient (Wildman–Crippen LogP) is -0.851. The summed E-state index contributed by atoms with van der Waals surface area (Å²) in [6.07, 6.45) is -9.96.